The highest BCUT2D eigenvalue weighted by molar-refractivity contribution is 7.91. The second-order valence-corrected chi connectivity index (χ2v) is 8.87. The van der Waals surface area contributed by atoms with Crippen molar-refractivity contribution in [2.45, 2.75) is 36.7 Å². The van der Waals surface area contributed by atoms with Crippen molar-refractivity contribution in [3.63, 3.8) is 0 Å². The first kappa shape index (κ1) is 17.0. The van der Waals surface area contributed by atoms with E-state index < -0.39 is 9.84 Å². The molecule has 2 aliphatic heterocycles. The molecule has 1 unspecified atom stereocenters. The Bertz CT molecular complexity index is 910. The highest BCUT2D eigenvalue weighted by atomic mass is 32.2. The van der Waals surface area contributed by atoms with E-state index >= 15 is 0 Å². The standard InChI is InChI=1S/C17H21N5O3S/c23-17(21-7-1-2-15(12-21)22-8-6-19-20-22)18-11-13-3-4-16-14(10-13)5-9-26(16,24)25/h3-4,6,8,10,15H,1-2,5,7,9,11-12H2,(H,18,23). The minimum atomic E-state index is -3.11. The summed E-state index contributed by atoms with van der Waals surface area (Å²) in [7, 11) is -3.11. The lowest BCUT2D eigenvalue weighted by Gasteiger charge is -2.32. The van der Waals surface area contributed by atoms with Crippen molar-refractivity contribution < 1.29 is 13.2 Å². The summed E-state index contributed by atoms with van der Waals surface area (Å²) in [5.41, 5.74) is 1.76. The first-order chi connectivity index (χ1) is 12.5. The van der Waals surface area contributed by atoms with Gasteiger partial charge < -0.3 is 10.2 Å². The smallest absolute Gasteiger partial charge is 0.317 e. The van der Waals surface area contributed by atoms with Gasteiger partial charge in [-0.05, 0) is 36.5 Å². The van der Waals surface area contributed by atoms with Crippen LogP contribution in [0.25, 0.3) is 0 Å². The Balaban J connectivity index is 1.37. The number of rotatable bonds is 3. The van der Waals surface area contributed by atoms with Gasteiger partial charge >= 0.3 is 6.03 Å². The number of aryl methyl sites for hydroxylation is 1. The van der Waals surface area contributed by atoms with Gasteiger partial charge in [-0.3, -0.25) is 0 Å². The molecular weight excluding hydrogens is 354 g/mol. The van der Waals surface area contributed by atoms with E-state index in [0.29, 0.717) is 24.4 Å². The molecule has 0 aliphatic carbocycles. The fraction of sp³-hybridized carbons (Fsp3) is 0.471. The minimum absolute atomic E-state index is 0.108. The summed E-state index contributed by atoms with van der Waals surface area (Å²) in [6, 6.07) is 5.36. The first-order valence-electron chi connectivity index (χ1n) is 8.76. The fourth-order valence-corrected chi connectivity index (χ4v) is 5.20. The number of amides is 2. The van der Waals surface area contributed by atoms with E-state index in [2.05, 4.69) is 15.6 Å². The van der Waals surface area contributed by atoms with E-state index in [1.807, 2.05) is 12.3 Å². The zero-order chi connectivity index (χ0) is 18.1. The first-order valence-corrected chi connectivity index (χ1v) is 10.4. The number of hydrogen-bond acceptors (Lipinski definition) is 5. The highest BCUT2D eigenvalue weighted by Gasteiger charge is 2.27. The van der Waals surface area contributed by atoms with Crippen LogP contribution < -0.4 is 5.32 Å². The number of piperidine rings is 1. The van der Waals surface area contributed by atoms with E-state index in [9.17, 15) is 13.2 Å². The third-order valence-electron chi connectivity index (χ3n) is 5.04. The zero-order valence-corrected chi connectivity index (χ0v) is 15.2. The number of urea groups is 1. The van der Waals surface area contributed by atoms with Crippen LogP contribution in [-0.4, -0.2) is 53.2 Å². The number of likely N-dealkylation sites (tertiary alicyclic amines) is 1. The Morgan fingerprint density at radius 3 is 3.04 bits per heavy atom. The van der Waals surface area contributed by atoms with Crippen molar-refractivity contribution >= 4 is 15.9 Å². The number of nitrogens with zero attached hydrogens (tertiary/aromatic N) is 4. The molecule has 3 heterocycles. The molecule has 2 amide bonds. The summed E-state index contributed by atoms with van der Waals surface area (Å²) in [5.74, 6) is 0.176. The number of carbonyl (C=O) groups is 1. The molecule has 26 heavy (non-hydrogen) atoms. The summed E-state index contributed by atoms with van der Waals surface area (Å²) in [4.78, 5) is 14.7. The van der Waals surface area contributed by atoms with Crippen molar-refractivity contribution in [3.8, 4) is 0 Å². The SMILES string of the molecule is O=C(NCc1ccc2c(c1)CCS2(=O)=O)N1CCCC(n2ccnn2)C1. The van der Waals surface area contributed by atoms with Crippen molar-refractivity contribution in [1.29, 1.82) is 0 Å². The quantitative estimate of drug-likeness (QED) is 0.868. The van der Waals surface area contributed by atoms with Crippen LogP contribution in [0.2, 0.25) is 0 Å². The molecule has 1 fully saturated rings. The topological polar surface area (TPSA) is 97.2 Å². The molecule has 2 aromatic rings. The van der Waals surface area contributed by atoms with E-state index in [0.717, 1.165) is 30.5 Å². The Kier molecular flexibility index (Phi) is 4.39. The summed E-state index contributed by atoms with van der Waals surface area (Å²) in [6.07, 6.45) is 5.92. The van der Waals surface area contributed by atoms with Crippen LogP contribution in [0.15, 0.2) is 35.5 Å². The molecule has 8 nitrogen and oxygen atoms in total. The molecule has 0 saturated carbocycles. The maximum atomic E-state index is 12.5. The molecule has 1 aromatic carbocycles. The van der Waals surface area contributed by atoms with Gasteiger partial charge in [0.05, 0.1) is 22.9 Å². The van der Waals surface area contributed by atoms with Gasteiger partial charge in [0.1, 0.15) is 0 Å². The molecular formula is C17H21N5O3S. The molecule has 1 aromatic heterocycles. The second-order valence-electron chi connectivity index (χ2n) is 6.79. The van der Waals surface area contributed by atoms with Gasteiger partial charge in [0.25, 0.3) is 0 Å². The maximum absolute atomic E-state index is 12.5. The fourth-order valence-electron chi connectivity index (χ4n) is 3.65. The monoisotopic (exact) mass is 375 g/mol. The molecule has 9 heteroatoms. The van der Waals surface area contributed by atoms with Gasteiger partial charge in [0.15, 0.2) is 9.84 Å². The number of benzene rings is 1. The Morgan fingerprint density at radius 1 is 1.35 bits per heavy atom. The van der Waals surface area contributed by atoms with Gasteiger partial charge in [-0.15, -0.1) is 5.10 Å². The predicted molar refractivity (Wildman–Crippen MR) is 94.3 cm³/mol. The lowest BCUT2D eigenvalue weighted by Crippen LogP contribution is -2.45. The summed E-state index contributed by atoms with van der Waals surface area (Å²) in [5, 5.41) is 10.8. The largest absolute Gasteiger partial charge is 0.334 e. The average Bonchev–Trinajstić information content (AvgIpc) is 3.28. The Hall–Kier alpha value is -2.42. The zero-order valence-electron chi connectivity index (χ0n) is 14.3. The highest BCUT2D eigenvalue weighted by Crippen LogP contribution is 2.26. The number of nitrogens with one attached hydrogen (secondary N) is 1. The van der Waals surface area contributed by atoms with Crippen molar-refractivity contribution in [2.24, 2.45) is 0 Å². The predicted octanol–water partition coefficient (Wildman–Crippen LogP) is 1.15. The Labute approximate surface area is 152 Å². The van der Waals surface area contributed by atoms with Gasteiger partial charge in [-0.2, -0.15) is 0 Å². The van der Waals surface area contributed by atoms with Crippen LogP contribution in [-0.2, 0) is 22.8 Å². The Morgan fingerprint density at radius 2 is 2.23 bits per heavy atom. The van der Waals surface area contributed by atoms with Gasteiger partial charge in [0, 0.05) is 25.8 Å². The molecule has 1 saturated heterocycles. The van der Waals surface area contributed by atoms with Crippen LogP contribution in [0.4, 0.5) is 4.79 Å². The third kappa shape index (κ3) is 3.31. The second kappa shape index (κ2) is 6.71. The summed E-state index contributed by atoms with van der Waals surface area (Å²) in [6.45, 7) is 1.72. The lowest BCUT2D eigenvalue weighted by molar-refractivity contribution is 0.162. The molecule has 0 spiro atoms. The normalized spacial score (nSPS) is 21.4. The number of sulfone groups is 1. The van der Waals surface area contributed by atoms with Gasteiger partial charge in [-0.25, -0.2) is 17.9 Å². The van der Waals surface area contributed by atoms with Crippen LogP contribution >= 0.6 is 0 Å². The molecule has 2 aliphatic rings. The molecule has 1 N–H and O–H groups in total. The van der Waals surface area contributed by atoms with E-state index in [-0.39, 0.29) is 17.8 Å². The number of carbonyl (C=O) groups excluding carboxylic acids is 1. The molecule has 4 rings (SSSR count). The average molecular weight is 375 g/mol. The van der Waals surface area contributed by atoms with Gasteiger partial charge in [0.2, 0.25) is 0 Å². The van der Waals surface area contributed by atoms with Crippen LogP contribution in [0.5, 0.6) is 0 Å². The van der Waals surface area contributed by atoms with Crippen molar-refractivity contribution in [2.75, 3.05) is 18.8 Å². The summed E-state index contributed by atoms with van der Waals surface area (Å²) < 4.78 is 25.6. The molecule has 0 bridgehead atoms. The van der Waals surface area contributed by atoms with E-state index in [1.165, 1.54) is 0 Å². The summed E-state index contributed by atoms with van der Waals surface area (Å²) >= 11 is 0. The number of aromatic nitrogens is 3. The number of fused-ring (bicyclic) bond motifs is 1. The maximum Gasteiger partial charge on any atom is 0.317 e. The minimum Gasteiger partial charge on any atom is -0.334 e. The van der Waals surface area contributed by atoms with Crippen molar-refractivity contribution in [3.05, 3.63) is 41.7 Å². The molecule has 138 valence electrons. The lowest BCUT2D eigenvalue weighted by atomic mass is 10.1. The van der Waals surface area contributed by atoms with Gasteiger partial charge in [-0.1, -0.05) is 17.3 Å². The van der Waals surface area contributed by atoms with E-state index in [1.54, 1.807) is 27.9 Å². The van der Waals surface area contributed by atoms with Crippen LogP contribution in [0.3, 0.4) is 0 Å². The van der Waals surface area contributed by atoms with Crippen LogP contribution in [0.1, 0.15) is 30.0 Å². The van der Waals surface area contributed by atoms with E-state index in [4.69, 9.17) is 0 Å². The van der Waals surface area contributed by atoms with Crippen LogP contribution in [0, 0.1) is 0 Å². The number of hydrogen-bond donors (Lipinski definition) is 1. The molecule has 0 radical (unpaired) electrons. The van der Waals surface area contributed by atoms with Crippen molar-refractivity contribution in [1.82, 2.24) is 25.2 Å². The molecule has 1 atom stereocenters. The third-order valence-corrected chi connectivity index (χ3v) is 6.85.